The molecule has 0 aliphatic rings. The Morgan fingerprint density at radius 1 is 0.533 bits per heavy atom. The van der Waals surface area contributed by atoms with Crippen LogP contribution in [-0.2, 0) is 0 Å². The monoisotopic (exact) mass is 216 g/mol. The first kappa shape index (κ1) is 14.8. The minimum Gasteiger partial charge on any atom is -0.308 e. The van der Waals surface area contributed by atoms with E-state index in [1.54, 1.807) is 0 Å². The molecule has 0 saturated carbocycles. The molecular formula is C11H28N4. The minimum absolute atomic E-state index is 1.04. The van der Waals surface area contributed by atoms with E-state index in [1.807, 2.05) is 0 Å². The van der Waals surface area contributed by atoms with Gasteiger partial charge in [-0.1, -0.05) is 0 Å². The molecule has 0 aliphatic heterocycles. The van der Waals surface area contributed by atoms with E-state index < -0.39 is 0 Å². The zero-order chi connectivity index (χ0) is 11.8. The van der Waals surface area contributed by atoms with Crippen molar-refractivity contribution in [2.45, 2.75) is 0 Å². The molecular weight excluding hydrogens is 188 g/mol. The second kappa shape index (κ2) is 8.05. The molecule has 0 heterocycles. The maximum atomic E-state index is 2.49. The largest absolute Gasteiger partial charge is 0.308 e. The van der Waals surface area contributed by atoms with Crippen LogP contribution in [0.3, 0.4) is 0 Å². The number of rotatable bonds is 8. The Morgan fingerprint density at radius 3 is 1.20 bits per heavy atom. The van der Waals surface area contributed by atoms with E-state index in [2.05, 4.69) is 61.9 Å². The second-order valence-electron chi connectivity index (χ2n) is 4.95. The Balaban J connectivity index is 3.84. The van der Waals surface area contributed by atoms with E-state index in [0.717, 1.165) is 32.8 Å². The van der Waals surface area contributed by atoms with Gasteiger partial charge in [-0.25, -0.2) is 0 Å². The summed E-state index contributed by atoms with van der Waals surface area (Å²) in [6, 6.07) is 0. The fourth-order valence-electron chi connectivity index (χ4n) is 1.34. The van der Waals surface area contributed by atoms with Gasteiger partial charge in [0.1, 0.15) is 0 Å². The first-order chi connectivity index (χ1) is 6.91. The molecule has 0 aromatic heterocycles. The lowest BCUT2D eigenvalue weighted by atomic mass is 10.4. The molecule has 0 aromatic rings. The van der Waals surface area contributed by atoms with Gasteiger partial charge >= 0.3 is 0 Å². The molecule has 4 nitrogen and oxygen atoms in total. The van der Waals surface area contributed by atoms with Crippen molar-refractivity contribution in [3.05, 3.63) is 0 Å². The molecule has 0 atom stereocenters. The van der Waals surface area contributed by atoms with Gasteiger partial charge in [-0.15, -0.1) is 0 Å². The Morgan fingerprint density at radius 2 is 0.933 bits per heavy atom. The van der Waals surface area contributed by atoms with Crippen LogP contribution in [0.1, 0.15) is 0 Å². The Labute approximate surface area is 95.4 Å². The molecule has 0 aliphatic carbocycles. The predicted octanol–water partition coefficient (Wildman–Crippen LogP) is -0.0693. The average Bonchev–Trinajstić information content (AvgIpc) is 2.08. The summed E-state index contributed by atoms with van der Waals surface area (Å²) in [4.78, 5) is 9.18. The molecule has 0 rings (SSSR count). The quantitative estimate of drug-likeness (QED) is 0.527. The molecule has 0 amide bonds. The number of hydrogen-bond donors (Lipinski definition) is 0. The number of hydrogen-bond acceptors (Lipinski definition) is 4. The van der Waals surface area contributed by atoms with Crippen molar-refractivity contribution in [2.75, 3.05) is 75.1 Å². The summed E-state index contributed by atoms with van der Waals surface area (Å²) in [5, 5.41) is 0. The first-order valence-corrected chi connectivity index (χ1v) is 5.58. The molecule has 0 unspecified atom stereocenters. The Hall–Kier alpha value is -0.160. The van der Waals surface area contributed by atoms with Crippen LogP contribution in [-0.4, -0.2) is 94.7 Å². The summed E-state index contributed by atoms with van der Waals surface area (Å²) >= 11 is 0. The topological polar surface area (TPSA) is 13.0 Å². The van der Waals surface area contributed by atoms with Crippen molar-refractivity contribution >= 4 is 0 Å². The summed E-state index contributed by atoms with van der Waals surface area (Å²) in [6.07, 6.45) is 0. The highest BCUT2D eigenvalue weighted by atomic mass is 15.3. The van der Waals surface area contributed by atoms with Gasteiger partial charge in [0.2, 0.25) is 0 Å². The third-order valence-electron chi connectivity index (χ3n) is 2.21. The fourth-order valence-corrected chi connectivity index (χ4v) is 1.34. The highest BCUT2D eigenvalue weighted by molar-refractivity contribution is 4.60. The Kier molecular flexibility index (Phi) is 7.96. The maximum Gasteiger partial charge on any atom is 0.0501 e. The van der Waals surface area contributed by atoms with Crippen molar-refractivity contribution in [3.63, 3.8) is 0 Å². The zero-order valence-corrected chi connectivity index (χ0v) is 11.3. The van der Waals surface area contributed by atoms with E-state index in [0.29, 0.717) is 0 Å². The number of nitrogens with zero attached hydrogens (tertiary/aromatic N) is 4. The zero-order valence-electron chi connectivity index (χ0n) is 11.3. The summed E-state index contributed by atoms with van der Waals surface area (Å²) in [5.41, 5.74) is 0. The van der Waals surface area contributed by atoms with Gasteiger partial charge in [0, 0.05) is 26.2 Å². The van der Waals surface area contributed by atoms with Gasteiger partial charge < -0.3 is 9.80 Å². The van der Waals surface area contributed by atoms with Crippen LogP contribution in [0, 0.1) is 0 Å². The molecule has 0 N–H and O–H groups in total. The fraction of sp³-hybridized carbons (Fsp3) is 1.00. The van der Waals surface area contributed by atoms with Gasteiger partial charge in [-0.2, -0.15) is 0 Å². The van der Waals surface area contributed by atoms with Crippen molar-refractivity contribution in [3.8, 4) is 0 Å². The molecule has 0 radical (unpaired) electrons. The summed E-state index contributed by atoms with van der Waals surface area (Å²) in [7, 11) is 12.7. The van der Waals surface area contributed by atoms with Crippen molar-refractivity contribution in [1.82, 2.24) is 19.6 Å². The van der Waals surface area contributed by atoms with Crippen LogP contribution < -0.4 is 0 Å². The standard InChI is InChI=1S/C11H28N4/c1-12(2)7-9-15(11-14(5)6)10-8-13(3)4/h7-11H2,1-6H3. The van der Waals surface area contributed by atoms with Crippen molar-refractivity contribution < 1.29 is 0 Å². The molecule has 0 bridgehead atoms. The first-order valence-electron chi connectivity index (χ1n) is 5.58. The maximum absolute atomic E-state index is 2.49. The third-order valence-corrected chi connectivity index (χ3v) is 2.21. The van der Waals surface area contributed by atoms with Gasteiger partial charge in [0.05, 0.1) is 6.67 Å². The summed E-state index contributed by atoms with van der Waals surface area (Å²) in [5.74, 6) is 0. The highest BCUT2D eigenvalue weighted by Gasteiger charge is 2.06. The SMILES string of the molecule is CN(C)CCN(CCN(C)C)CN(C)C. The molecule has 4 heteroatoms. The van der Waals surface area contributed by atoms with Gasteiger partial charge in [-0.05, 0) is 42.3 Å². The summed E-state index contributed by atoms with van der Waals surface area (Å²) < 4.78 is 0. The Bertz CT molecular complexity index is 134. The lowest BCUT2D eigenvalue weighted by Crippen LogP contribution is -2.41. The van der Waals surface area contributed by atoms with Gasteiger partial charge in [-0.3, -0.25) is 9.80 Å². The van der Waals surface area contributed by atoms with E-state index in [4.69, 9.17) is 0 Å². The number of likely N-dealkylation sites (N-methyl/N-ethyl adjacent to an activating group) is 2. The molecule has 0 aromatic carbocycles. The van der Waals surface area contributed by atoms with E-state index in [1.165, 1.54) is 0 Å². The highest BCUT2D eigenvalue weighted by Crippen LogP contribution is 1.92. The van der Waals surface area contributed by atoms with Crippen LogP contribution in [0.2, 0.25) is 0 Å². The predicted molar refractivity (Wildman–Crippen MR) is 67.2 cm³/mol. The molecule has 0 fully saturated rings. The van der Waals surface area contributed by atoms with E-state index >= 15 is 0 Å². The lowest BCUT2D eigenvalue weighted by molar-refractivity contribution is 0.151. The molecule has 92 valence electrons. The molecule has 15 heavy (non-hydrogen) atoms. The second-order valence-corrected chi connectivity index (χ2v) is 4.95. The van der Waals surface area contributed by atoms with Crippen LogP contribution in [0.4, 0.5) is 0 Å². The van der Waals surface area contributed by atoms with Crippen LogP contribution in [0.5, 0.6) is 0 Å². The lowest BCUT2D eigenvalue weighted by Gasteiger charge is -2.28. The van der Waals surface area contributed by atoms with E-state index in [-0.39, 0.29) is 0 Å². The minimum atomic E-state index is 1.04. The normalized spacial score (nSPS) is 12.4. The smallest absolute Gasteiger partial charge is 0.0501 e. The van der Waals surface area contributed by atoms with Gasteiger partial charge in [0.15, 0.2) is 0 Å². The van der Waals surface area contributed by atoms with E-state index in [9.17, 15) is 0 Å². The average molecular weight is 216 g/mol. The third kappa shape index (κ3) is 10.1. The molecule has 0 saturated heterocycles. The van der Waals surface area contributed by atoms with Crippen LogP contribution in [0.25, 0.3) is 0 Å². The van der Waals surface area contributed by atoms with Crippen molar-refractivity contribution in [2.24, 2.45) is 0 Å². The van der Waals surface area contributed by atoms with Crippen LogP contribution >= 0.6 is 0 Å². The van der Waals surface area contributed by atoms with Crippen LogP contribution in [0.15, 0.2) is 0 Å². The summed E-state index contributed by atoms with van der Waals surface area (Å²) in [6.45, 7) is 5.57. The van der Waals surface area contributed by atoms with Crippen molar-refractivity contribution in [1.29, 1.82) is 0 Å². The molecule has 0 spiro atoms. The van der Waals surface area contributed by atoms with Gasteiger partial charge in [0.25, 0.3) is 0 Å².